The molecule has 0 radical (unpaired) electrons. The Hall–Kier alpha value is -2.67. The van der Waals surface area contributed by atoms with E-state index in [2.05, 4.69) is 10.3 Å². The standard InChI is InChI=1S/C18H13F3N2OS/c19-18(20,21)16-3-1-2-13(7-16)17(24)23-9-12-6-15(10-22-8-12)14-4-5-25-11-14/h1-8,10-11H,9H2,(H,23,24). The molecule has 0 aliphatic rings. The van der Waals surface area contributed by atoms with Crippen molar-refractivity contribution in [2.75, 3.05) is 0 Å². The van der Waals surface area contributed by atoms with Gasteiger partial charge in [-0.15, -0.1) is 0 Å². The van der Waals surface area contributed by atoms with Crippen molar-refractivity contribution in [1.29, 1.82) is 0 Å². The molecular formula is C18H13F3N2OS. The molecule has 2 aromatic heterocycles. The maximum Gasteiger partial charge on any atom is 0.416 e. The first-order valence-electron chi connectivity index (χ1n) is 7.35. The molecule has 25 heavy (non-hydrogen) atoms. The van der Waals surface area contributed by atoms with Crippen LogP contribution in [0.1, 0.15) is 21.5 Å². The first-order chi connectivity index (χ1) is 11.9. The normalized spacial score (nSPS) is 11.3. The highest BCUT2D eigenvalue weighted by atomic mass is 32.1. The molecule has 3 rings (SSSR count). The summed E-state index contributed by atoms with van der Waals surface area (Å²) in [5.74, 6) is -0.563. The molecule has 0 unspecified atom stereocenters. The molecule has 2 heterocycles. The van der Waals surface area contributed by atoms with Gasteiger partial charge in [-0.3, -0.25) is 9.78 Å². The van der Waals surface area contributed by atoms with E-state index in [9.17, 15) is 18.0 Å². The van der Waals surface area contributed by atoms with Gasteiger partial charge in [-0.25, -0.2) is 0 Å². The van der Waals surface area contributed by atoms with E-state index in [1.165, 1.54) is 12.1 Å². The lowest BCUT2D eigenvalue weighted by Gasteiger charge is -2.09. The molecule has 1 aromatic carbocycles. The summed E-state index contributed by atoms with van der Waals surface area (Å²) in [6, 6.07) is 8.20. The number of nitrogens with zero attached hydrogens (tertiary/aromatic N) is 1. The Morgan fingerprint density at radius 2 is 1.96 bits per heavy atom. The van der Waals surface area contributed by atoms with Gasteiger partial charge >= 0.3 is 6.18 Å². The van der Waals surface area contributed by atoms with Crippen molar-refractivity contribution in [3.63, 3.8) is 0 Å². The number of halogens is 3. The van der Waals surface area contributed by atoms with Crippen molar-refractivity contribution in [1.82, 2.24) is 10.3 Å². The monoisotopic (exact) mass is 362 g/mol. The number of pyridine rings is 1. The number of hydrogen-bond acceptors (Lipinski definition) is 3. The first-order valence-corrected chi connectivity index (χ1v) is 8.30. The van der Waals surface area contributed by atoms with Crippen LogP contribution in [0.25, 0.3) is 11.1 Å². The van der Waals surface area contributed by atoms with Crippen molar-refractivity contribution in [3.8, 4) is 11.1 Å². The third-order valence-electron chi connectivity index (χ3n) is 3.55. The summed E-state index contributed by atoms with van der Waals surface area (Å²) in [6.07, 6.45) is -1.14. The summed E-state index contributed by atoms with van der Waals surface area (Å²) in [5.41, 5.74) is 1.85. The van der Waals surface area contributed by atoms with Crippen molar-refractivity contribution >= 4 is 17.2 Å². The fraction of sp³-hybridized carbons (Fsp3) is 0.111. The molecule has 0 saturated heterocycles. The third-order valence-corrected chi connectivity index (χ3v) is 4.24. The minimum absolute atomic E-state index is 0.0308. The van der Waals surface area contributed by atoms with Gasteiger partial charge < -0.3 is 5.32 Å². The van der Waals surface area contributed by atoms with Crippen molar-refractivity contribution in [2.24, 2.45) is 0 Å². The van der Waals surface area contributed by atoms with Gasteiger partial charge in [-0.05, 0) is 52.2 Å². The smallest absolute Gasteiger partial charge is 0.348 e. The van der Waals surface area contributed by atoms with E-state index in [0.29, 0.717) is 0 Å². The van der Waals surface area contributed by atoms with Crippen molar-refractivity contribution in [3.05, 3.63) is 76.2 Å². The van der Waals surface area contributed by atoms with Gasteiger partial charge in [0.05, 0.1) is 5.56 Å². The van der Waals surface area contributed by atoms with Crippen LogP contribution in [0.5, 0.6) is 0 Å². The summed E-state index contributed by atoms with van der Waals surface area (Å²) >= 11 is 1.57. The summed E-state index contributed by atoms with van der Waals surface area (Å²) < 4.78 is 38.2. The zero-order chi connectivity index (χ0) is 17.9. The molecule has 0 fully saturated rings. The minimum atomic E-state index is -4.48. The molecule has 0 aliphatic heterocycles. The van der Waals surface area contributed by atoms with E-state index in [1.807, 2.05) is 22.9 Å². The predicted molar refractivity (Wildman–Crippen MR) is 90.2 cm³/mol. The molecule has 0 spiro atoms. The Morgan fingerprint density at radius 3 is 2.68 bits per heavy atom. The largest absolute Gasteiger partial charge is 0.416 e. The fourth-order valence-corrected chi connectivity index (χ4v) is 2.96. The highest BCUT2D eigenvalue weighted by Crippen LogP contribution is 2.29. The summed E-state index contributed by atoms with van der Waals surface area (Å²) in [4.78, 5) is 16.3. The van der Waals surface area contributed by atoms with Gasteiger partial charge in [0.15, 0.2) is 0 Å². The average molecular weight is 362 g/mol. The van der Waals surface area contributed by atoms with E-state index < -0.39 is 17.6 Å². The molecule has 1 N–H and O–H groups in total. The van der Waals surface area contributed by atoms with Crippen molar-refractivity contribution < 1.29 is 18.0 Å². The minimum Gasteiger partial charge on any atom is -0.348 e. The maximum absolute atomic E-state index is 12.7. The molecule has 3 aromatic rings. The Morgan fingerprint density at radius 1 is 1.12 bits per heavy atom. The third kappa shape index (κ3) is 4.24. The highest BCUT2D eigenvalue weighted by Gasteiger charge is 2.30. The number of benzene rings is 1. The van der Waals surface area contributed by atoms with Crippen LogP contribution in [0.15, 0.2) is 59.6 Å². The van der Waals surface area contributed by atoms with E-state index >= 15 is 0 Å². The average Bonchev–Trinajstić information content (AvgIpc) is 3.14. The van der Waals surface area contributed by atoms with Crippen LogP contribution in [0.2, 0.25) is 0 Å². The Balaban J connectivity index is 1.70. The lowest BCUT2D eigenvalue weighted by Crippen LogP contribution is -2.23. The van der Waals surface area contributed by atoms with Crippen LogP contribution in [0, 0.1) is 0 Å². The topological polar surface area (TPSA) is 42.0 Å². The zero-order valence-electron chi connectivity index (χ0n) is 12.9. The van der Waals surface area contributed by atoms with E-state index in [-0.39, 0.29) is 12.1 Å². The van der Waals surface area contributed by atoms with Crippen LogP contribution in [0.4, 0.5) is 13.2 Å². The van der Waals surface area contributed by atoms with Crippen LogP contribution < -0.4 is 5.32 Å². The van der Waals surface area contributed by atoms with Crippen molar-refractivity contribution in [2.45, 2.75) is 12.7 Å². The number of alkyl halides is 3. The second kappa shape index (κ2) is 7.06. The van der Waals surface area contributed by atoms with Crippen LogP contribution >= 0.6 is 11.3 Å². The Bertz CT molecular complexity index is 876. The molecule has 0 aliphatic carbocycles. The molecule has 0 saturated carbocycles. The highest BCUT2D eigenvalue weighted by molar-refractivity contribution is 7.08. The Labute approximate surface area is 146 Å². The number of amides is 1. The second-order valence-corrected chi connectivity index (χ2v) is 6.14. The number of carbonyl (C=O) groups excluding carboxylic acids is 1. The van der Waals surface area contributed by atoms with Crippen LogP contribution in [-0.2, 0) is 12.7 Å². The van der Waals surface area contributed by atoms with E-state index in [4.69, 9.17) is 0 Å². The fourth-order valence-electron chi connectivity index (χ4n) is 2.29. The van der Waals surface area contributed by atoms with Crippen LogP contribution in [0.3, 0.4) is 0 Å². The molecule has 1 amide bonds. The zero-order valence-corrected chi connectivity index (χ0v) is 13.7. The molecular weight excluding hydrogens is 349 g/mol. The number of nitrogens with one attached hydrogen (secondary N) is 1. The van der Waals surface area contributed by atoms with Gasteiger partial charge in [-0.1, -0.05) is 6.07 Å². The van der Waals surface area contributed by atoms with E-state index in [0.717, 1.165) is 28.8 Å². The maximum atomic E-state index is 12.7. The number of rotatable bonds is 4. The van der Waals surface area contributed by atoms with Gasteiger partial charge in [0.2, 0.25) is 0 Å². The van der Waals surface area contributed by atoms with Gasteiger partial charge in [0.1, 0.15) is 0 Å². The van der Waals surface area contributed by atoms with Gasteiger partial charge in [0.25, 0.3) is 5.91 Å². The number of aromatic nitrogens is 1. The number of thiophene rings is 1. The summed E-state index contributed by atoms with van der Waals surface area (Å²) in [6.45, 7) is 0.181. The SMILES string of the molecule is O=C(NCc1cncc(-c2ccsc2)c1)c1cccc(C(F)(F)F)c1. The molecule has 3 nitrogen and oxygen atoms in total. The molecule has 128 valence electrons. The van der Waals surface area contributed by atoms with Crippen LogP contribution in [-0.4, -0.2) is 10.9 Å². The summed E-state index contributed by atoms with van der Waals surface area (Å²) in [7, 11) is 0. The molecule has 0 bridgehead atoms. The van der Waals surface area contributed by atoms with Gasteiger partial charge in [-0.2, -0.15) is 24.5 Å². The molecule has 0 atom stereocenters. The number of carbonyl (C=O) groups is 1. The second-order valence-electron chi connectivity index (χ2n) is 5.36. The lowest BCUT2D eigenvalue weighted by molar-refractivity contribution is -0.137. The quantitative estimate of drug-likeness (QED) is 0.727. The molecule has 7 heteroatoms. The summed E-state index contributed by atoms with van der Waals surface area (Å²) in [5, 5.41) is 6.57. The van der Waals surface area contributed by atoms with Gasteiger partial charge in [0, 0.05) is 30.1 Å². The lowest BCUT2D eigenvalue weighted by atomic mass is 10.1. The first kappa shape index (κ1) is 17.2. The number of hydrogen-bond donors (Lipinski definition) is 1. The predicted octanol–water partition coefficient (Wildman–Crippen LogP) is 4.76. The Kier molecular flexibility index (Phi) is 4.85. The van der Waals surface area contributed by atoms with E-state index in [1.54, 1.807) is 23.7 Å².